The molecule has 2 rings (SSSR count). The van der Waals surface area contributed by atoms with Gasteiger partial charge >= 0.3 is 0 Å². The van der Waals surface area contributed by atoms with Crippen LogP contribution in [0.4, 0.5) is 0 Å². The quantitative estimate of drug-likeness (QED) is 0.760. The predicted octanol–water partition coefficient (Wildman–Crippen LogP) is 3.04. The van der Waals surface area contributed by atoms with Gasteiger partial charge in [-0.15, -0.1) is 0 Å². The Kier molecular flexibility index (Phi) is 4.32. The average Bonchev–Trinajstić information content (AvgIpc) is 2.33. The molecular weight excluding hydrogens is 222 g/mol. The van der Waals surface area contributed by atoms with Gasteiger partial charge in [-0.1, -0.05) is 42.8 Å². The fraction of sp³-hybridized carbons (Fsp3) is 0.438. The molecule has 2 nitrogen and oxygen atoms in total. The van der Waals surface area contributed by atoms with Gasteiger partial charge in [-0.05, 0) is 30.9 Å². The highest BCUT2D eigenvalue weighted by Gasteiger charge is 2.20. The van der Waals surface area contributed by atoms with Crippen LogP contribution < -0.4 is 0 Å². The third-order valence-corrected chi connectivity index (χ3v) is 3.52. The smallest absolute Gasteiger partial charge is 0.152 e. The Labute approximate surface area is 109 Å². The molecule has 1 fully saturated rings. The van der Waals surface area contributed by atoms with Crippen LogP contribution in [-0.2, 0) is 11.3 Å². The van der Waals surface area contributed by atoms with Gasteiger partial charge in [-0.2, -0.15) is 0 Å². The minimum atomic E-state index is 0.174. The first-order valence-electron chi connectivity index (χ1n) is 6.62. The standard InChI is InChI=1S/C16H21NO/c1-13-11-17(9-8-16(13)10-14(2)18)12-15-6-4-3-5-7-15/h3-7,10,13H,8-9,11-12H2,1-2H3/b16-10+. The van der Waals surface area contributed by atoms with Gasteiger partial charge in [0.2, 0.25) is 0 Å². The zero-order chi connectivity index (χ0) is 13.0. The van der Waals surface area contributed by atoms with Crippen LogP contribution in [0.15, 0.2) is 42.0 Å². The Bertz CT molecular complexity index is 436. The fourth-order valence-electron chi connectivity index (χ4n) is 2.59. The summed E-state index contributed by atoms with van der Waals surface area (Å²) in [5.41, 5.74) is 2.68. The maximum atomic E-state index is 11.1. The number of carbonyl (C=O) groups is 1. The SMILES string of the molecule is CC(=O)/C=C1\CCN(Cc2ccccc2)CC1C. The summed E-state index contributed by atoms with van der Waals surface area (Å²) < 4.78 is 0. The summed E-state index contributed by atoms with van der Waals surface area (Å²) in [6.07, 6.45) is 2.85. The molecule has 1 unspecified atom stereocenters. The molecule has 0 saturated carbocycles. The van der Waals surface area contributed by atoms with Gasteiger partial charge in [0, 0.05) is 19.6 Å². The first-order valence-corrected chi connectivity index (χ1v) is 6.62. The van der Waals surface area contributed by atoms with Crippen molar-refractivity contribution < 1.29 is 4.79 Å². The first-order chi connectivity index (χ1) is 8.65. The molecule has 2 heteroatoms. The Hall–Kier alpha value is -1.41. The molecule has 1 aliphatic rings. The first kappa shape index (κ1) is 13.0. The Balaban J connectivity index is 1.94. The molecule has 1 atom stereocenters. The number of rotatable bonds is 3. The molecule has 18 heavy (non-hydrogen) atoms. The van der Waals surface area contributed by atoms with E-state index in [1.54, 1.807) is 6.92 Å². The Morgan fingerprint density at radius 3 is 2.72 bits per heavy atom. The molecule has 96 valence electrons. The summed E-state index contributed by atoms with van der Waals surface area (Å²) in [5.74, 6) is 0.666. The van der Waals surface area contributed by atoms with E-state index in [2.05, 4.69) is 42.2 Å². The zero-order valence-corrected chi connectivity index (χ0v) is 11.2. The lowest BCUT2D eigenvalue weighted by Gasteiger charge is -2.33. The predicted molar refractivity (Wildman–Crippen MR) is 74.3 cm³/mol. The fourth-order valence-corrected chi connectivity index (χ4v) is 2.59. The van der Waals surface area contributed by atoms with Crippen molar-refractivity contribution in [3.63, 3.8) is 0 Å². The van der Waals surface area contributed by atoms with E-state index >= 15 is 0 Å². The zero-order valence-electron chi connectivity index (χ0n) is 11.2. The Morgan fingerprint density at radius 2 is 2.11 bits per heavy atom. The van der Waals surface area contributed by atoms with Crippen LogP contribution >= 0.6 is 0 Å². The van der Waals surface area contributed by atoms with E-state index in [9.17, 15) is 4.79 Å². The summed E-state index contributed by atoms with van der Waals surface area (Å²) in [5, 5.41) is 0. The maximum absolute atomic E-state index is 11.1. The summed E-state index contributed by atoms with van der Waals surface area (Å²) in [4.78, 5) is 13.6. The van der Waals surface area contributed by atoms with E-state index in [0.717, 1.165) is 26.1 Å². The van der Waals surface area contributed by atoms with Gasteiger partial charge in [-0.3, -0.25) is 9.69 Å². The number of nitrogens with zero attached hydrogens (tertiary/aromatic N) is 1. The number of hydrogen-bond donors (Lipinski definition) is 0. The molecule has 0 aromatic heterocycles. The second kappa shape index (κ2) is 5.96. The minimum absolute atomic E-state index is 0.174. The highest BCUT2D eigenvalue weighted by atomic mass is 16.1. The van der Waals surface area contributed by atoms with E-state index in [-0.39, 0.29) is 5.78 Å². The summed E-state index contributed by atoms with van der Waals surface area (Å²) in [6, 6.07) is 10.6. The van der Waals surface area contributed by atoms with Crippen LogP contribution in [0.2, 0.25) is 0 Å². The van der Waals surface area contributed by atoms with Crippen LogP contribution in [0, 0.1) is 5.92 Å². The van der Waals surface area contributed by atoms with Gasteiger partial charge in [-0.25, -0.2) is 0 Å². The second-order valence-electron chi connectivity index (χ2n) is 5.20. The van der Waals surface area contributed by atoms with Crippen molar-refractivity contribution in [1.29, 1.82) is 0 Å². The lowest BCUT2D eigenvalue weighted by molar-refractivity contribution is -0.112. The molecule has 1 aromatic carbocycles. The number of hydrogen-bond acceptors (Lipinski definition) is 2. The van der Waals surface area contributed by atoms with Gasteiger partial charge in [0.15, 0.2) is 5.78 Å². The number of ketones is 1. The van der Waals surface area contributed by atoms with Crippen LogP contribution in [0.1, 0.15) is 25.8 Å². The van der Waals surface area contributed by atoms with Crippen molar-refractivity contribution in [2.24, 2.45) is 5.92 Å². The molecule has 1 aliphatic heterocycles. The van der Waals surface area contributed by atoms with Crippen molar-refractivity contribution >= 4 is 5.78 Å². The van der Waals surface area contributed by atoms with Gasteiger partial charge in [0.05, 0.1) is 0 Å². The van der Waals surface area contributed by atoms with Crippen LogP contribution in [0.3, 0.4) is 0 Å². The van der Waals surface area contributed by atoms with Crippen molar-refractivity contribution in [2.75, 3.05) is 13.1 Å². The molecule has 0 bridgehead atoms. The van der Waals surface area contributed by atoms with Crippen molar-refractivity contribution in [1.82, 2.24) is 4.90 Å². The molecular formula is C16H21NO. The summed E-state index contributed by atoms with van der Waals surface area (Å²) in [7, 11) is 0. The van der Waals surface area contributed by atoms with E-state index in [1.165, 1.54) is 11.1 Å². The molecule has 0 spiro atoms. The summed E-state index contributed by atoms with van der Waals surface area (Å²) >= 11 is 0. The van der Waals surface area contributed by atoms with Crippen molar-refractivity contribution in [2.45, 2.75) is 26.8 Å². The van der Waals surface area contributed by atoms with Crippen molar-refractivity contribution in [3.8, 4) is 0 Å². The van der Waals surface area contributed by atoms with Gasteiger partial charge in [0.25, 0.3) is 0 Å². The minimum Gasteiger partial charge on any atom is -0.298 e. The normalized spacial score (nSPS) is 23.2. The highest BCUT2D eigenvalue weighted by molar-refractivity contribution is 5.88. The van der Waals surface area contributed by atoms with Gasteiger partial charge < -0.3 is 0 Å². The number of piperidine rings is 1. The molecule has 0 amide bonds. The Morgan fingerprint density at radius 1 is 1.39 bits per heavy atom. The van der Waals surface area contributed by atoms with Crippen molar-refractivity contribution in [3.05, 3.63) is 47.5 Å². The second-order valence-corrected chi connectivity index (χ2v) is 5.20. The van der Waals surface area contributed by atoms with Crippen LogP contribution in [-0.4, -0.2) is 23.8 Å². The van der Waals surface area contributed by atoms with Gasteiger partial charge in [0.1, 0.15) is 0 Å². The monoisotopic (exact) mass is 243 g/mol. The number of benzene rings is 1. The highest BCUT2D eigenvalue weighted by Crippen LogP contribution is 2.23. The topological polar surface area (TPSA) is 20.3 Å². The molecule has 1 heterocycles. The lowest BCUT2D eigenvalue weighted by atomic mass is 9.92. The largest absolute Gasteiger partial charge is 0.298 e. The number of allylic oxidation sites excluding steroid dienone is 1. The average molecular weight is 243 g/mol. The van der Waals surface area contributed by atoms with Crippen LogP contribution in [0.5, 0.6) is 0 Å². The van der Waals surface area contributed by atoms with E-state index in [4.69, 9.17) is 0 Å². The molecule has 0 radical (unpaired) electrons. The molecule has 0 N–H and O–H groups in total. The third kappa shape index (κ3) is 3.54. The van der Waals surface area contributed by atoms with E-state index < -0.39 is 0 Å². The lowest BCUT2D eigenvalue weighted by Crippen LogP contribution is -2.35. The molecule has 0 aliphatic carbocycles. The van der Waals surface area contributed by atoms with E-state index in [1.807, 2.05) is 6.08 Å². The molecule has 1 saturated heterocycles. The molecule has 1 aromatic rings. The number of likely N-dealkylation sites (tertiary alicyclic amines) is 1. The third-order valence-electron chi connectivity index (χ3n) is 3.52. The summed E-state index contributed by atoms with van der Waals surface area (Å²) in [6.45, 7) is 6.97. The maximum Gasteiger partial charge on any atom is 0.152 e. The van der Waals surface area contributed by atoms with Crippen LogP contribution in [0.25, 0.3) is 0 Å². The van der Waals surface area contributed by atoms with E-state index in [0.29, 0.717) is 5.92 Å². The number of carbonyl (C=O) groups excluding carboxylic acids is 1.